The van der Waals surface area contributed by atoms with Gasteiger partial charge >= 0.3 is 0 Å². The average molecular weight is 316 g/mol. The highest BCUT2D eigenvalue weighted by molar-refractivity contribution is 9.10. The number of anilines is 1. The van der Waals surface area contributed by atoms with Crippen LogP contribution in [0.25, 0.3) is 0 Å². The zero-order chi connectivity index (χ0) is 13.1. The van der Waals surface area contributed by atoms with Gasteiger partial charge in [0, 0.05) is 11.1 Å². The third-order valence-electron chi connectivity index (χ3n) is 3.14. The fourth-order valence-corrected chi connectivity index (χ4v) is 2.62. The van der Waals surface area contributed by atoms with Gasteiger partial charge in [0.05, 0.1) is 17.7 Å². The molecule has 1 aromatic rings. The number of carbonyl (C=O) groups excluding carboxylic acids is 1. The van der Waals surface area contributed by atoms with E-state index in [9.17, 15) is 9.18 Å². The third kappa shape index (κ3) is 2.90. The molecule has 98 valence electrons. The first-order chi connectivity index (χ1) is 8.61. The van der Waals surface area contributed by atoms with Crippen molar-refractivity contribution in [2.24, 2.45) is 5.92 Å². The van der Waals surface area contributed by atoms with Crippen LogP contribution in [0.1, 0.15) is 19.8 Å². The molecule has 0 spiro atoms. The topological polar surface area (TPSA) is 38.3 Å². The third-order valence-corrected chi connectivity index (χ3v) is 3.79. The number of ether oxygens (including phenoxy) is 1. The first-order valence-corrected chi connectivity index (χ1v) is 6.78. The molecule has 0 bridgehead atoms. The predicted octanol–water partition coefficient (Wildman–Crippen LogP) is 3.34. The summed E-state index contributed by atoms with van der Waals surface area (Å²) in [7, 11) is 0. The molecule has 5 heteroatoms. The maximum atomic E-state index is 12.9. The highest BCUT2D eigenvalue weighted by Gasteiger charge is 2.32. The molecule has 1 heterocycles. The van der Waals surface area contributed by atoms with Crippen molar-refractivity contribution >= 4 is 27.5 Å². The Kier molecular flexibility index (Phi) is 4.35. The number of rotatable bonds is 3. The van der Waals surface area contributed by atoms with E-state index in [0.717, 1.165) is 12.8 Å². The van der Waals surface area contributed by atoms with Gasteiger partial charge in [-0.05, 0) is 47.0 Å². The average Bonchev–Trinajstić information content (AvgIpc) is 2.81. The van der Waals surface area contributed by atoms with Crippen molar-refractivity contribution in [3.05, 3.63) is 28.5 Å². The minimum absolute atomic E-state index is 0.00998. The SMILES string of the molecule is CCC1OCCC1C(=O)Nc1ccc(F)cc1Br. The van der Waals surface area contributed by atoms with Crippen molar-refractivity contribution in [3.63, 3.8) is 0 Å². The summed E-state index contributed by atoms with van der Waals surface area (Å²) in [5.74, 6) is -0.519. The number of benzene rings is 1. The lowest BCUT2D eigenvalue weighted by molar-refractivity contribution is -0.121. The van der Waals surface area contributed by atoms with E-state index < -0.39 is 0 Å². The van der Waals surface area contributed by atoms with E-state index in [1.54, 1.807) is 6.07 Å². The second-order valence-corrected chi connectivity index (χ2v) is 5.18. The van der Waals surface area contributed by atoms with Crippen molar-refractivity contribution in [3.8, 4) is 0 Å². The van der Waals surface area contributed by atoms with Crippen LogP contribution in [0.3, 0.4) is 0 Å². The second-order valence-electron chi connectivity index (χ2n) is 4.33. The van der Waals surface area contributed by atoms with E-state index in [1.165, 1.54) is 12.1 Å². The molecule has 1 amide bonds. The van der Waals surface area contributed by atoms with Gasteiger partial charge in [-0.25, -0.2) is 4.39 Å². The Morgan fingerprint density at radius 1 is 1.61 bits per heavy atom. The molecule has 0 aromatic heterocycles. The molecular weight excluding hydrogens is 301 g/mol. The van der Waals surface area contributed by atoms with Crippen molar-refractivity contribution in [2.45, 2.75) is 25.9 Å². The van der Waals surface area contributed by atoms with Gasteiger partial charge in [-0.3, -0.25) is 4.79 Å². The van der Waals surface area contributed by atoms with Crippen molar-refractivity contribution in [1.29, 1.82) is 0 Å². The summed E-state index contributed by atoms with van der Waals surface area (Å²) in [5, 5.41) is 2.81. The first-order valence-electron chi connectivity index (χ1n) is 5.99. The standard InChI is InChI=1S/C13H15BrFNO2/c1-2-12-9(5-6-18-12)13(17)16-11-4-3-8(15)7-10(11)14/h3-4,7,9,12H,2,5-6H2,1H3,(H,16,17). The number of amides is 1. The second kappa shape index (κ2) is 5.80. The van der Waals surface area contributed by atoms with E-state index in [4.69, 9.17) is 4.74 Å². The van der Waals surface area contributed by atoms with E-state index in [1.807, 2.05) is 6.92 Å². The van der Waals surface area contributed by atoms with Crippen LogP contribution in [-0.4, -0.2) is 18.6 Å². The Labute approximate surface area is 114 Å². The van der Waals surface area contributed by atoms with Crippen LogP contribution in [0.2, 0.25) is 0 Å². The molecule has 2 unspecified atom stereocenters. The smallest absolute Gasteiger partial charge is 0.230 e. The monoisotopic (exact) mass is 315 g/mol. The molecule has 1 aliphatic heterocycles. The molecule has 3 nitrogen and oxygen atoms in total. The maximum Gasteiger partial charge on any atom is 0.230 e. The lowest BCUT2D eigenvalue weighted by Crippen LogP contribution is -2.29. The summed E-state index contributed by atoms with van der Waals surface area (Å²) in [5.41, 5.74) is 0.586. The normalized spacial score (nSPS) is 23.1. The Morgan fingerprint density at radius 2 is 2.39 bits per heavy atom. The molecule has 1 fully saturated rings. The van der Waals surface area contributed by atoms with Crippen molar-refractivity contribution in [1.82, 2.24) is 0 Å². The highest BCUT2D eigenvalue weighted by atomic mass is 79.9. The van der Waals surface area contributed by atoms with Gasteiger partial charge in [-0.2, -0.15) is 0 Å². The van der Waals surface area contributed by atoms with Crippen LogP contribution in [0.4, 0.5) is 10.1 Å². The Morgan fingerprint density at radius 3 is 3.06 bits per heavy atom. The van der Waals surface area contributed by atoms with Gasteiger partial charge < -0.3 is 10.1 Å². The van der Waals surface area contributed by atoms with Crippen molar-refractivity contribution in [2.75, 3.05) is 11.9 Å². The van der Waals surface area contributed by atoms with E-state index >= 15 is 0 Å². The first kappa shape index (κ1) is 13.5. The fraction of sp³-hybridized carbons (Fsp3) is 0.462. The summed E-state index contributed by atoms with van der Waals surface area (Å²) in [4.78, 5) is 12.1. The Balaban J connectivity index is 2.07. The van der Waals surface area contributed by atoms with Crippen LogP contribution in [-0.2, 0) is 9.53 Å². The van der Waals surface area contributed by atoms with Gasteiger partial charge in [-0.1, -0.05) is 6.92 Å². The van der Waals surface area contributed by atoms with Gasteiger partial charge in [0.25, 0.3) is 0 Å². The molecule has 0 aliphatic carbocycles. The van der Waals surface area contributed by atoms with Gasteiger partial charge in [0.15, 0.2) is 0 Å². The molecule has 18 heavy (non-hydrogen) atoms. The van der Waals surface area contributed by atoms with Crippen molar-refractivity contribution < 1.29 is 13.9 Å². The molecule has 0 saturated carbocycles. The molecular formula is C13H15BrFNO2. The summed E-state index contributed by atoms with van der Waals surface area (Å²) in [6, 6.07) is 4.20. The van der Waals surface area contributed by atoms with Crippen LogP contribution >= 0.6 is 15.9 Å². The molecule has 1 aromatic carbocycles. The molecule has 1 saturated heterocycles. The minimum atomic E-state index is -0.337. The number of carbonyl (C=O) groups is 1. The van der Waals surface area contributed by atoms with E-state index in [0.29, 0.717) is 16.8 Å². The Hall–Kier alpha value is -0.940. The molecule has 2 atom stereocenters. The Bertz CT molecular complexity index is 453. The molecule has 1 aliphatic rings. The van der Waals surface area contributed by atoms with Crippen LogP contribution < -0.4 is 5.32 Å². The van der Waals surface area contributed by atoms with Crippen LogP contribution in [0.15, 0.2) is 22.7 Å². The van der Waals surface area contributed by atoms with Gasteiger partial charge in [0.1, 0.15) is 5.82 Å². The quantitative estimate of drug-likeness (QED) is 0.929. The fourth-order valence-electron chi connectivity index (χ4n) is 2.17. The zero-order valence-electron chi connectivity index (χ0n) is 10.1. The van der Waals surface area contributed by atoms with Crippen LogP contribution in [0, 0.1) is 11.7 Å². The number of halogens is 2. The molecule has 1 N–H and O–H groups in total. The predicted molar refractivity (Wildman–Crippen MR) is 70.9 cm³/mol. The number of hydrogen-bond acceptors (Lipinski definition) is 2. The largest absolute Gasteiger partial charge is 0.377 e. The summed E-state index contributed by atoms with van der Waals surface area (Å²) in [6.45, 7) is 2.63. The lowest BCUT2D eigenvalue weighted by atomic mass is 9.98. The summed E-state index contributed by atoms with van der Waals surface area (Å²) in [6.07, 6.45) is 1.55. The van der Waals surface area contributed by atoms with E-state index in [-0.39, 0.29) is 23.7 Å². The lowest BCUT2D eigenvalue weighted by Gasteiger charge is -2.17. The summed E-state index contributed by atoms with van der Waals surface area (Å²) >= 11 is 3.23. The molecule has 0 radical (unpaired) electrons. The van der Waals surface area contributed by atoms with Gasteiger partial charge in [-0.15, -0.1) is 0 Å². The zero-order valence-corrected chi connectivity index (χ0v) is 11.7. The summed E-state index contributed by atoms with van der Waals surface area (Å²) < 4.78 is 19.0. The highest BCUT2D eigenvalue weighted by Crippen LogP contribution is 2.27. The molecule has 2 rings (SSSR count). The van der Waals surface area contributed by atoms with Crippen LogP contribution in [0.5, 0.6) is 0 Å². The van der Waals surface area contributed by atoms with Gasteiger partial charge in [0.2, 0.25) is 5.91 Å². The maximum absolute atomic E-state index is 12.9. The van der Waals surface area contributed by atoms with E-state index in [2.05, 4.69) is 21.2 Å². The number of nitrogens with one attached hydrogen (secondary N) is 1. The number of hydrogen-bond donors (Lipinski definition) is 1. The minimum Gasteiger partial charge on any atom is -0.377 e.